The highest BCUT2D eigenvalue weighted by atomic mass is 127. The zero-order valence-electron chi connectivity index (χ0n) is 6.40. The molecule has 12 heavy (non-hydrogen) atoms. The summed E-state index contributed by atoms with van der Waals surface area (Å²) in [6, 6.07) is 4.34. The average molecular weight is 353 g/mol. The van der Waals surface area contributed by atoms with Gasteiger partial charge in [-0.15, -0.1) is 11.3 Å². The lowest BCUT2D eigenvalue weighted by Gasteiger charge is -2.01. The van der Waals surface area contributed by atoms with Crippen LogP contribution in [0, 0.1) is 10.5 Å². The molecule has 0 aliphatic rings. The molecule has 0 N–H and O–H groups in total. The first-order valence-corrected chi connectivity index (χ1v) is 6.27. The van der Waals surface area contributed by atoms with Crippen molar-refractivity contribution in [2.45, 2.75) is 6.92 Å². The zero-order chi connectivity index (χ0) is 8.72. The van der Waals surface area contributed by atoms with Gasteiger partial charge in [-0.3, -0.25) is 0 Å². The fourth-order valence-electron chi connectivity index (χ4n) is 1.18. The molecule has 0 unspecified atom stereocenters. The number of benzene rings is 1. The molecule has 0 radical (unpaired) electrons. The van der Waals surface area contributed by atoms with Crippen molar-refractivity contribution in [3.05, 3.63) is 31.1 Å². The van der Waals surface area contributed by atoms with E-state index in [2.05, 4.69) is 63.0 Å². The topological polar surface area (TPSA) is 0 Å². The third-order valence-electron chi connectivity index (χ3n) is 1.81. The monoisotopic (exact) mass is 352 g/mol. The van der Waals surface area contributed by atoms with Gasteiger partial charge >= 0.3 is 0 Å². The lowest BCUT2D eigenvalue weighted by atomic mass is 10.2. The van der Waals surface area contributed by atoms with Crippen molar-refractivity contribution >= 4 is 59.9 Å². The first-order chi connectivity index (χ1) is 5.70. The molecule has 0 nitrogen and oxygen atoms in total. The third-order valence-corrected chi connectivity index (χ3v) is 5.16. The predicted molar refractivity (Wildman–Crippen MR) is 67.0 cm³/mol. The Morgan fingerprint density at radius 2 is 2.25 bits per heavy atom. The molecule has 0 saturated carbocycles. The SMILES string of the molecule is Cc1cc(Br)c2ccsc2c1I. The van der Waals surface area contributed by atoms with Gasteiger partial charge in [-0.1, -0.05) is 15.9 Å². The Kier molecular flexibility index (Phi) is 2.44. The molecule has 0 amide bonds. The Hall–Kier alpha value is 0.390. The largest absolute Gasteiger partial charge is 0.143 e. The van der Waals surface area contributed by atoms with Crippen molar-refractivity contribution in [1.82, 2.24) is 0 Å². The van der Waals surface area contributed by atoms with Crippen LogP contribution in [-0.4, -0.2) is 0 Å². The van der Waals surface area contributed by atoms with Gasteiger partial charge in [0.05, 0.1) is 0 Å². The van der Waals surface area contributed by atoms with Crippen molar-refractivity contribution in [2.75, 3.05) is 0 Å². The molecule has 0 aliphatic carbocycles. The van der Waals surface area contributed by atoms with Crippen LogP contribution in [0.2, 0.25) is 0 Å². The molecule has 2 aromatic rings. The summed E-state index contributed by atoms with van der Waals surface area (Å²) in [4.78, 5) is 0. The first kappa shape index (κ1) is 8.97. The van der Waals surface area contributed by atoms with Gasteiger partial charge in [-0.05, 0) is 52.6 Å². The van der Waals surface area contributed by atoms with Crippen LogP contribution in [0.15, 0.2) is 22.0 Å². The molecule has 0 bridgehead atoms. The van der Waals surface area contributed by atoms with Gasteiger partial charge in [-0.2, -0.15) is 0 Å². The molecular weight excluding hydrogens is 347 g/mol. The Bertz CT molecular complexity index is 433. The first-order valence-electron chi connectivity index (χ1n) is 3.52. The van der Waals surface area contributed by atoms with Crippen LogP contribution in [0.3, 0.4) is 0 Å². The molecule has 0 atom stereocenters. The molecule has 0 spiro atoms. The summed E-state index contributed by atoms with van der Waals surface area (Å²) in [5.74, 6) is 0. The summed E-state index contributed by atoms with van der Waals surface area (Å²) < 4.78 is 3.97. The van der Waals surface area contributed by atoms with Gasteiger partial charge in [0.1, 0.15) is 0 Å². The number of rotatable bonds is 0. The Balaban J connectivity index is 2.97. The summed E-state index contributed by atoms with van der Waals surface area (Å²) >= 11 is 7.77. The minimum Gasteiger partial charge on any atom is -0.143 e. The average Bonchev–Trinajstić information content (AvgIpc) is 2.48. The van der Waals surface area contributed by atoms with E-state index in [4.69, 9.17) is 0 Å². The van der Waals surface area contributed by atoms with Gasteiger partial charge in [0.15, 0.2) is 0 Å². The maximum atomic E-state index is 3.56. The van der Waals surface area contributed by atoms with Crippen molar-refractivity contribution in [1.29, 1.82) is 0 Å². The fraction of sp³-hybridized carbons (Fsp3) is 0.111. The number of fused-ring (bicyclic) bond motifs is 1. The minimum absolute atomic E-state index is 1.21. The van der Waals surface area contributed by atoms with Crippen LogP contribution < -0.4 is 0 Å². The molecule has 1 aromatic carbocycles. The lowest BCUT2D eigenvalue weighted by molar-refractivity contribution is 1.46. The third kappa shape index (κ3) is 1.32. The quantitative estimate of drug-likeness (QED) is 0.609. The van der Waals surface area contributed by atoms with Gasteiger partial charge in [-0.25, -0.2) is 0 Å². The van der Waals surface area contributed by atoms with Crippen molar-refractivity contribution in [3.8, 4) is 0 Å². The van der Waals surface area contributed by atoms with E-state index in [1.165, 1.54) is 23.7 Å². The Morgan fingerprint density at radius 1 is 1.50 bits per heavy atom. The Labute approximate surface area is 97.2 Å². The van der Waals surface area contributed by atoms with Crippen LogP contribution in [0.25, 0.3) is 10.1 Å². The second-order valence-corrected chi connectivity index (χ2v) is 5.50. The number of aryl methyl sites for hydroxylation is 1. The number of hydrogen-bond acceptors (Lipinski definition) is 1. The summed E-state index contributed by atoms with van der Waals surface area (Å²) in [6.07, 6.45) is 0. The molecule has 1 aromatic heterocycles. The highest BCUT2D eigenvalue weighted by Gasteiger charge is 2.06. The number of thiophene rings is 1. The second-order valence-electron chi connectivity index (χ2n) is 2.65. The number of halogens is 2. The molecule has 0 aliphatic heterocycles. The summed E-state index contributed by atoms with van der Waals surface area (Å²) in [7, 11) is 0. The van der Waals surface area contributed by atoms with E-state index in [9.17, 15) is 0 Å². The van der Waals surface area contributed by atoms with E-state index < -0.39 is 0 Å². The second kappa shape index (κ2) is 3.27. The Morgan fingerprint density at radius 3 is 3.00 bits per heavy atom. The summed E-state index contributed by atoms with van der Waals surface area (Å²) in [6.45, 7) is 2.14. The minimum atomic E-state index is 1.21. The van der Waals surface area contributed by atoms with Gasteiger partial charge < -0.3 is 0 Å². The van der Waals surface area contributed by atoms with Crippen LogP contribution in [-0.2, 0) is 0 Å². The van der Waals surface area contributed by atoms with Crippen LogP contribution in [0.5, 0.6) is 0 Å². The molecule has 62 valence electrons. The molecule has 1 heterocycles. The van der Waals surface area contributed by atoms with Crippen LogP contribution in [0.4, 0.5) is 0 Å². The predicted octanol–water partition coefficient (Wildman–Crippen LogP) is 4.58. The van der Waals surface area contributed by atoms with Crippen LogP contribution in [0.1, 0.15) is 5.56 Å². The summed E-state index contributed by atoms with van der Waals surface area (Å²) in [5, 5.41) is 3.46. The fourth-order valence-corrected chi connectivity index (χ4v) is 3.72. The van der Waals surface area contributed by atoms with Crippen molar-refractivity contribution in [2.24, 2.45) is 0 Å². The van der Waals surface area contributed by atoms with Gasteiger partial charge in [0.25, 0.3) is 0 Å². The highest BCUT2D eigenvalue weighted by molar-refractivity contribution is 14.1. The highest BCUT2D eigenvalue weighted by Crippen LogP contribution is 2.34. The van der Waals surface area contributed by atoms with Gasteiger partial charge in [0.2, 0.25) is 0 Å². The molecule has 3 heteroatoms. The van der Waals surface area contributed by atoms with E-state index in [0.717, 1.165) is 0 Å². The molecule has 0 fully saturated rings. The maximum absolute atomic E-state index is 3.56. The van der Waals surface area contributed by atoms with E-state index in [-0.39, 0.29) is 0 Å². The van der Waals surface area contributed by atoms with Gasteiger partial charge in [0, 0.05) is 18.1 Å². The normalized spacial score (nSPS) is 10.9. The number of hydrogen-bond donors (Lipinski definition) is 0. The van der Waals surface area contributed by atoms with E-state index in [1.54, 1.807) is 11.3 Å². The van der Waals surface area contributed by atoms with E-state index in [0.29, 0.717) is 0 Å². The van der Waals surface area contributed by atoms with E-state index >= 15 is 0 Å². The van der Waals surface area contributed by atoms with E-state index in [1.807, 2.05) is 0 Å². The standard InChI is InChI=1S/C9H6BrIS/c1-5-4-7(10)6-2-3-12-9(6)8(5)11/h2-4H,1H3. The molecular formula is C9H6BrIS. The molecule has 0 saturated heterocycles. The van der Waals surface area contributed by atoms with Crippen molar-refractivity contribution in [3.63, 3.8) is 0 Å². The van der Waals surface area contributed by atoms with Crippen molar-refractivity contribution < 1.29 is 0 Å². The summed E-state index contributed by atoms with van der Waals surface area (Å²) in [5.41, 5.74) is 1.34. The zero-order valence-corrected chi connectivity index (χ0v) is 11.0. The smallest absolute Gasteiger partial charge is 0.0490 e. The lowest BCUT2D eigenvalue weighted by Crippen LogP contribution is -1.80. The maximum Gasteiger partial charge on any atom is 0.0490 e. The van der Waals surface area contributed by atoms with Crippen LogP contribution >= 0.6 is 49.9 Å². The molecule has 2 rings (SSSR count).